The van der Waals surface area contributed by atoms with Gasteiger partial charge >= 0.3 is 6.03 Å². The molecule has 1 aliphatic heterocycles. The molecule has 1 unspecified atom stereocenters. The monoisotopic (exact) mass is 251 g/mol. The van der Waals surface area contributed by atoms with Crippen molar-refractivity contribution < 1.29 is 9.32 Å². The summed E-state index contributed by atoms with van der Waals surface area (Å²) in [6, 6.07) is 0.269. The molecule has 2 rings (SSSR count). The van der Waals surface area contributed by atoms with Crippen LogP contribution in [0.15, 0.2) is 4.52 Å². The average Bonchev–Trinajstić information content (AvgIpc) is 2.84. The standard InChI is InChI=1S/C13H21N3O2/c1-8(2)14-13(17)16-7-5-6-11(16)12-9(3)15-18-10(12)4/h8,11H,5-7H2,1-4H3,(H,14,17). The number of carbonyl (C=O) groups excluding carboxylic acids is 1. The second-order valence-electron chi connectivity index (χ2n) is 5.19. The van der Waals surface area contributed by atoms with Crippen LogP contribution in [-0.4, -0.2) is 28.7 Å². The van der Waals surface area contributed by atoms with Crippen LogP contribution in [0.3, 0.4) is 0 Å². The molecule has 1 aromatic heterocycles. The minimum absolute atomic E-state index is 0.00694. The number of nitrogens with one attached hydrogen (secondary N) is 1. The van der Waals surface area contributed by atoms with E-state index in [0.717, 1.165) is 36.4 Å². The zero-order chi connectivity index (χ0) is 13.3. The summed E-state index contributed by atoms with van der Waals surface area (Å²) in [6.07, 6.45) is 2.01. The zero-order valence-electron chi connectivity index (χ0n) is 11.5. The Labute approximate surface area is 108 Å². The topological polar surface area (TPSA) is 58.4 Å². The molecule has 0 aliphatic carbocycles. The van der Waals surface area contributed by atoms with Gasteiger partial charge in [0.15, 0.2) is 0 Å². The van der Waals surface area contributed by atoms with E-state index < -0.39 is 0 Å². The molecular weight excluding hydrogens is 230 g/mol. The van der Waals surface area contributed by atoms with Gasteiger partial charge in [0.2, 0.25) is 0 Å². The number of aryl methyl sites for hydroxylation is 2. The fourth-order valence-electron chi connectivity index (χ4n) is 2.61. The van der Waals surface area contributed by atoms with Gasteiger partial charge in [-0.2, -0.15) is 0 Å². The van der Waals surface area contributed by atoms with Crippen molar-refractivity contribution in [3.8, 4) is 0 Å². The van der Waals surface area contributed by atoms with E-state index in [4.69, 9.17) is 4.52 Å². The Morgan fingerprint density at radius 2 is 2.22 bits per heavy atom. The summed E-state index contributed by atoms with van der Waals surface area (Å²) in [6.45, 7) is 8.58. The Morgan fingerprint density at radius 1 is 1.50 bits per heavy atom. The van der Waals surface area contributed by atoms with Gasteiger partial charge in [-0.3, -0.25) is 0 Å². The smallest absolute Gasteiger partial charge is 0.318 e. The van der Waals surface area contributed by atoms with E-state index in [1.54, 1.807) is 0 Å². The van der Waals surface area contributed by atoms with E-state index in [1.165, 1.54) is 0 Å². The van der Waals surface area contributed by atoms with Gasteiger partial charge in [0.1, 0.15) is 5.76 Å². The fraction of sp³-hybridized carbons (Fsp3) is 0.692. The van der Waals surface area contributed by atoms with Crippen molar-refractivity contribution >= 4 is 6.03 Å². The second-order valence-corrected chi connectivity index (χ2v) is 5.19. The van der Waals surface area contributed by atoms with Crippen molar-refractivity contribution in [3.63, 3.8) is 0 Å². The van der Waals surface area contributed by atoms with Crippen molar-refractivity contribution in [2.45, 2.75) is 52.6 Å². The molecule has 1 atom stereocenters. The molecule has 1 N–H and O–H groups in total. The Hall–Kier alpha value is -1.52. The number of aromatic nitrogens is 1. The van der Waals surface area contributed by atoms with Crippen LogP contribution in [0.5, 0.6) is 0 Å². The summed E-state index contributed by atoms with van der Waals surface area (Å²) in [7, 11) is 0. The highest BCUT2D eigenvalue weighted by atomic mass is 16.5. The second kappa shape index (κ2) is 5.00. The maximum atomic E-state index is 12.1. The number of amides is 2. The maximum Gasteiger partial charge on any atom is 0.318 e. The Morgan fingerprint density at radius 3 is 2.78 bits per heavy atom. The fourth-order valence-corrected chi connectivity index (χ4v) is 2.61. The predicted octanol–water partition coefficient (Wildman–Crippen LogP) is 2.55. The van der Waals surface area contributed by atoms with Crippen LogP contribution in [0.4, 0.5) is 4.79 Å². The minimum Gasteiger partial charge on any atom is -0.361 e. The van der Waals surface area contributed by atoms with Crippen molar-refractivity contribution in [2.75, 3.05) is 6.54 Å². The molecule has 100 valence electrons. The van der Waals surface area contributed by atoms with Crippen LogP contribution in [0, 0.1) is 13.8 Å². The van der Waals surface area contributed by atoms with Crippen LogP contribution < -0.4 is 5.32 Å². The van der Waals surface area contributed by atoms with Gasteiger partial charge in [-0.25, -0.2) is 4.79 Å². The molecule has 1 saturated heterocycles. The third kappa shape index (κ3) is 2.35. The first kappa shape index (κ1) is 12.9. The van der Waals surface area contributed by atoms with E-state index in [0.29, 0.717) is 0 Å². The number of rotatable bonds is 2. The van der Waals surface area contributed by atoms with Gasteiger partial charge in [-0.1, -0.05) is 5.16 Å². The molecule has 0 bridgehead atoms. The molecule has 0 saturated carbocycles. The van der Waals surface area contributed by atoms with Gasteiger partial charge in [0.05, 0.1) is 11.7 Å². The van der Waals surface area contributed by atoms with Crippen LogP contribution in [0.1, 0.15) is 49.7 Å². The van der Waals surface area contributed by atoms with Crippen LogP contribution in [-0.2, 0) is 0 Å². The number of hydrogen-bond acceptors (Lipinski definition) is 3. The molecule has 2 heterocycles. The summed E-state index contributed by atoms with van der Waals surface area (Å²) in [4.78, 5) is 14.0. The lowest BCUT2D eigenvalue weighted by Crippen LogP contribution is -2.42. The Bertz CT molecular complexity index is 420. The third-order valence-electron chi connectivity index (χ3n) is 3.35. The molecule has 18 heavy (non-hydrogen) atoms. The highest BCUT2D eigenvalue weighted by molar-refractivity contribution is 5.75. The normalized spacial score (nSPS) is 19.6. The maximum absolute atomic E-state index is 12.1. The molecule has 5 heteroatoms. The van der Waals surface area contributed by atoms with Crippen molar-refractivity contribution in [2.24, 2.45) is 0 Å². The molecule has 1 aromatic rings. The van der Waals surface area contributed by atoms with E-state index in [9.17, 15) is 4.79 Å². The highest BCUT2D eigenvalue weighted by Gasteiger charge is 2.33. The van der Waals surface area contributed by atoms with Gasteiger partial charge in [-0.05, 0) is 40.5 Å². The first-order valence-electron chi connectivity index (χ1n) is 6.50. The van der Waals surface area contributed by atoms with Crippen molar-refractivity contribution in [1.82, 2.24) is 15.4 Å². The van der Waals surface area contributed by atoms with Crippen LogP contribution >= 0.6 is 0 Å². The SMILES string of the molecule is Cc1noc(C)c1C1CCCN1C(=O)NC(C)C. The minimum atomic E-state index is 0.00694. The number of nitrogens with zero attached hydrogens (tertiary/aromatic N) is 2. The van der Waals surface area contributed by atoms with E-state index in [2.05, 4.69) is 10.5 Å². The molecule has 1 aliphatic rings. The summed E-state index contributed by atoms with van der Waals surface area (Å²) in [5, 5.41) is 6.93. The van der Waals surface area contributed by atoms with Gasteiger partial charge < -0.3 is 14.7 Å². The first-order valence-corrected chi connectivity index (χ1v) is 6.50. The first-order chi connectivity index (χ1) is 8.50. The van der Waals surface area contributed by atoms with E-state index in [-0.39, 0.29) is 18.1 Å². The summed E-state index contributed by atoms with van der Waals surface area (Å²) in [5.74, 6) is 0.821. The number of urea groups is 1. The van der Waals surface area contributed by atoms with Gasteiger partial charge in [0, 0.05) is 18.2 Å². The lowest BCUT2D eigenvalue weighted by atomic mass is 10.0. The van der Waals surface area contributed by atoms with Crippen LogP contribution in [0.2, 0.25) is 0 Å². The largest absolute Gasteiger partial charge is 0.361 e. The lowest BCUT2D eigenvalue weighted by Gasteiger charge is -2.26. The molecule has 0 radical (unpaired) electrons. The van der Waals surface area contributed by atoms with E-state index in [1.807, 2.05) is 32.6 Å². The van der Waals surface area contributed by atoms with Crippen LogP contribution in [0.25, 0.3) is 0 Å². The number of carbonyl (C=O) groups is 1. The van der Waals surface area contributed by atoms with Crippen molar-refractivity contribution in [1.29, 1.82) is 0 Å². The molecule has 5 nitrogen and oxygen atoms in total. The van der Waals surface area contributed by atoms with Gasteiger partial charge in [0.25, 0.3) is 0 Å². The molecular formula is C13H21N3O2. The average molecular weight is 251 g/mol. The zero-order valence-corrected chi connectivity index (χ0v) is 11.5. The number of hydrogen-bond donors (Lipinski definition) is 1. The Balaban J connectivity index is 2.20. The number of likely N-dealkylation sites (tertiary alicyclic amines) is 1. The molecule has 2 amide bonds. The highest BCUT2D eigenvalue weighted by Crippen LogP contribution is 2.35. The summed E-state index contributed by atoms with van der Waals surface area (Å²) >= 11 is 0. The van der Waals surface area contributed by atoms with Gasteiger partial charge in [-0.15, -0.1) is 0 Å². The molecule has 0 spiro atoms. The van der Waals surface area contributed by atoms with E-state index >= 15 is 0 Å². The quantitative estimate of drug-likeness (QED) is 0.878. The lowest BCUT2D eigenvalue weighted by molar-refractivity contribution is 0.190. The molecule has 1 fully saturated rings. The Kier molecular flexibility index (Phi) is 3.59. The molecule has 0 aromatic carbocycles. The summed E-state index contributed by atoms with van der Waals surface area (Å²) < 4.78 is 5.21. The third-order valence-corrected chi connectivity index (χ3v) is 3.35. The van der Waals surface area contributed by atoms with Crippen molar-refractivity contribution in [3.05, 3.63) is 17.0 Å². The summed E-state index contributed by atoms with van der Waals surface area (Å²) in [5.41, 5.74) is 1.97. The predicted molar refractivity (Wildman–Crippen MR) is 68.3 cm³/mol.